The molecule has 0 amide bonds. The van der Waals surface area contributed by atoms with Gasteiger partial charge in [0, 0.05) is 36.8 Å². The largest absolute Gasteiger partial charge is 0.377 e. The summed E-state index contributed by atoms with van der Waals surface area (Å²) in [5, 5.41) is 3.88. The molecule has 0 saturated heterocycles. The first-order chi connectivity index (χ1) is 21.3. The molecule has 0 bridgehead atoms. The third-order valence-electron chi connectivity index (χ3n) is 7.97. The van der Waals surface area contributed by atoms with E-state index in [1.807, 2.05) is 97.9 Å². The lowest BCUT2D eigenvalue weighted by molar-refractivity contribution is 0.387. The molecule has 4 nitrogen and oxygen atoms in total. The number of nitrogens with zero attached hydrogens (tertiary/aromatic N) is 1. The number of allylic oxidation sites excluding steroid dienone is 4. The number of rotatable bonds is 9. The van der Waals surface area contributed by atoms with E-state index in [1.54, 1.807) is 0 Å². The topological polar surface area (TPSA) is 60.8 Å². The second-order valence-electron chi connectivity index (χ2n) is 11.1. The third-order valence-corrected chi connectivity index (χ3v) is 11.7. The first-order valence-electron chi connectivity index (χ1n) is 14.7. The molecule has 0 fully saturated rings. The second-order valence-corrected chi connectivity index (χ2v) is 14.9. The summed E-state index contributed by atoms with van der Waals surface area (Å²) < 4.78 is 13.6. The highest BCUT2D eigenvalue weighted by molar-refractivity contribution is 7.76. The lowest BCUT2D eigenvalue weighted by atomic mass is 9.88. The Labute approximate surface area is 261 Å². The Bertz CT molecular complexity index is 1810. The van der Waals surface area contributed by atoms with Crippen molar-refractivity contribution in [3.05, 3.63) is 156 Å². The van der Waals surface area contributed by atoms with Crippen molar-refractivity contribution in [3.8, 4) is 22.3 Å². The van der Waals surface area contributed by atoms with Crippen molar-refractivity contribution in [2.75, 3.05) is 19.0 Å². The normalized spacial score (nSPS) is 14.6. The van der Waals surface area contributed by atoms with Gasteiger partial charge in [0.1, 0.15) is 0 Å². The summed E-state index contributed by atoms with van der Waals surface area (Å²) in [7, 11) is -1.60. The summed E-state index contributed by atoms with van der Waals surface area (Å²) in [5.41, 5.74) is 4.68. The average molecular weight is 616 g/mol. The minimum absolute atomic E-state index is 0.0203. The highest BCUT2D eigenvalue weighted by Crippen LogP contribution is 2.52. The van der Waals surface area contributed by atoms with Gasteiger partial charge >= 0.3 is 7.60 Å². The lowest BCUT2D eigenvalue weighted by Gasteiger charge is -2.29. The van der Waals surface area contributed by atoms with Gasteiger partial charge in [0.05, 0.1) is 5.30 Å². The summed E-state index contributed by atoms with van der Waals surface area (Å²) in [5.74, 6) is -0.0203. The van der Waals surface area contributed by atoms with Crippen LogP contribution in [-0.2, 0) is 11.0 Å². The Hall–Kier alpha value is -4.04. The average Bonchev–Trinajstić information content (AvgIpc) is 3.49. The predicted octanol–water partition coefficient (Wildman–Crippen LogP) is 7.63. The van der Waals surface area contributed by atoms with E-state index in [4.69, 9.17) is 0 Å². The zero-order chi connectivity index (χ0) is 30.7. The molecule has 5 aromatic rings. The zero-order valence-electron chi connectivity index (χ0n) is 24.8. The van der Waals surface area contributed by atoms with Gasteiger partial charge in [-0.15, -0.1) is 0 Å². The van der Waals surface area contributed by atoms with E-state index in [2.05, 4.69) is 66.8 Å². The van der Waals surface area contributed by atoms with Gasteiger partial charge in [-0.3, -0.25) is 4.57 Å². The lowest BCUT2D eigenvalue weighted by Crippen LogP contribution is -2.23. The van der Waals surface area contributed by atoms with Gasteiger partial charge in [0.25, 0.3) is 0 Å². The zero-order valence-corrected chi connectivity index (χ0v) is 26.6. The summed E-state index contributed by atoms with van der Waals surface area (Å²) in [6.45, 7) is 0. The molecular weight excluding hydrogens is 580 g/mol. The van der Waals surface area contributed by atoms with Crippen LogP contribution in [0.25, 0.3) is 22.3 Å². The minimum Gasteiger partial charge on any atom is -0.377 e. The Morgan fingerprint density at radius 3 is 1.66 bits per heavy atom. The van der Waals surface area contributed by atoms with Crippen molar-refractivity contribution < 1.29 is 14.4 Å². The molecule has 0 saturated carbocycles. The van der Waals surface area contributed by atoms with Crippen LogP contribution >= 0.6 is 15.5 Å². The number of anilines is 1. The van der Waals surface area contributed by atoms with Crippen LogP contribution in [0, 0.1) is 5.92 Å². The van der Waals surface area contributed by atoms with Gasteiger partial charge in [0.15, 0.2) is 0 Å². The Morgan fingerprint density at radius 1 is 0.705 bits per heavy atom. The van der Waals surface area contributed by atoms with Crippen molar-refractivity contribution in [3.63, 3.8) is 0 Å². The van der Waals surface area contributed by atoms with E-state index < -0.39 is 15.5 Å². The SMILES string of the molecule is CN(C)c1cc(CC2C=CC=C2P(c2ccccc2)c2ccccc2)c(P(=O)(O)O)c(-c2ccccc2)c1-c1ccccc1. The molecule has 220 valence electrons. The fraction of sp³-hybridized carbons (Fsp3) is 0.105. The molecule has 0 aliphatic heterocycles. The summed E-state index contributed by atoms with van der Waals surface area (Å²) in [4.78, 5) is 24.2. The van der Waals surface area contributed by atoms with Crippen LogP contribution in [0.3, 0.4) is 0 Å². The molecule has 44 heavy (non-hydrogen) atoms. The Morgan fingerprint density at radius 2 is 1.18 bits per heavy atom. The summed E-state index contributed by atoms with van der Waals surface area (Å²) >= 11 is 0. The van der Waals surface area contributed by atoms with E-state index >= 15 is 0 Å². The molecule has 0 radical (unpaired) electrons. The number of hydrogen-bond acceptors (Lipinski definition) is 2. The minimum atomic E-state index is -4.73. The first-order valence-corrected chi connectivity index (χ1v) is 17.6. The maximum Gasteiger partial charge on any atom is 0.357 e. The van der Waals surface area contributed by atoms with Crippen molar-refractivity contribution in [2.24, 2.45) is 5.92 Å². The fourth-order valence-electron chi connectivity index (χ4n) is 6.10. The van der Waals surface area contributed by atoms with Gasteiger partial charge in [-0.25, -0.2) is 0 Å². The number of benzene rings is 5. The summed E-state index contributed by atoms with van der Waals surface area (Å²) in [6, 6.07) is 42.7. The maximum absolute atomic E-state index is 13.6. The standard InChI is InChI=1S/C38H35NO3P2/c1-39(2)34-27-31(26-30-20-15-25-35(30)43(32-21-11-5-12-22-32)33-23-13-6-14-24-33)38(44(40,41)42)37(29-18-9-4-10-19-29)36(34)28-16-7-3-8-17-28/h3-25,27,30H,26H2,1-2H3,(H2,40,41,42). The molecule has 0 spiro atoms. The molecule has 1 aliphatic rings. The molecule has 6 rings (SSSR count). The van der Waals surface area contributed by atoms with Crippen LogP contribution in [0.2, 0.25) is 0 Å². The van der Waals surface area contributed by atoms with E-state index in [9.17, 15) is 14.4 Å². The van der Waals surface area contributed by atoms with Gasteiger partial charge in [-0.2, -0.15) is 0 Å². The quantitative estimate of drug-likeness (QED) is 0.168. The van der Waals surface area contributed by atoms with Crippen LogP contribution in [0.1, 0.15) is 5.56 Å². The molecule has 6 heteroatoms. The molecule has 0 heterocycles. The monoisotopic (exact) mass is 615 g/mol. The Balaban J connectivity index is 1.56. The second kappa shape index (κ2) is 12.9. The van der Waals surface area contributed by atoms with Gasteiger partial charge in [0.2, 0.25) is 0 Å². The van der Waals surface area contributed by atoms with Crippen molar-refractivity contribution in [1.29, 1.82) is 0 Å². The molecule has 1 atom stereocenters. The predicted molar refractivity (Wildman–Crippen MR) is 187 cm³/mol. The molecular formula is C38H35NO3P2. The van der Waals surface area contributed by atoms with E-state index in [0.29, 0.717) is 17.5 Å². The molecule has 5 aromatic carbocycles. The molecule has 2 N–H and O–H groups in total. The van der Waals surface area contributed by atoms with Crippen LogP contribution in [0.5, 0.6) is 0 Å². The summed E-state index contributed by atoms with van der Waals surface area (Å²) in [6.07, 6.45) is 6.96. The number of hydrogen-bond donors (Lipinski definition) is 2. The first kappa shape index (κ1) is 30.0. The van der Waals surface area contributed by atoms with Crippen LogP contribution in [0.4, 0.5) is 5.69 Å². The van der Waals surface area contributed by atoms with E-state index in [-0.39, 0.29) is 11.2 Å². The highest BCUT2D eigenvalue weighted by Gasteiger charge is 2.34. The van der Waals surface area contributed by atoms with Crippen molar-refractivity contribution in [2.45, 2.75) is 6.42 Å². The van der Waals surface area contributed by atoms with Gasteiger partial charge in [-0.05, 0) is 53.0 Å². The Kier molecular flexibility index (Phi) is 8.80. The van der Waals surface area contributed by atoms with E-state index in [0.717, 1.165) is 22.4 Å². The van der Waals surface area contributed by atoms with Crippen LogP contribution in [-0.4, -0.2) is 23.9 Å². The maximum atomic E-state index is 13.6. The molecule has 1 unspecified atom stereocenters. The molecule has 0 aromatic heterocycles. The smallest absolute Gasteiger partial charge is 0.357 e. The highest BCUT2D eigenvalue weighted by atomic mass is 31.2. The third kappa shape index (κ3) is 6.13. The van der Waals surface area contributed by atoms with Gasteiger partial charge in [-0.1, -0.05) is 140 Å². The van der Waals surface area contributed by atoms with Crippen LogP contribution in [0.15, 0.2) is 151 Å². The van der Waals surface area contributed by atoms with E-state index in [1.165, 1.54) is 15.9 Å². The van der Waals surface area contributed by atoms with Crippen LogP contribution < -0.4 is 20.8 Å². The molecule has 1 aliphatic carbocycles. The van der Waals surface area contributed by atoms with Crippen molar-refractivity contribution in [1.82, 2.24) is 0 Å². The fourth-order valence-corrected chi connectivity index (χ4v) is 9.74. The van der Waals surface area contributed by atoms with Crippen molar-refractivity contribution >= 4 is 37.1 Å². The van der Waals surface area contributed by atoms with Gasteiger partial charge < -0.3 is 14.7 Å².